The molecule has 1 rings (SSSR count). The zero-order valence-electron chi connectivity index (χ0n) is 8.79. The number of carbonyl (C=O) groups is 2. The Balaban J connectivity index is 3.04. The molecule has 16 heavy (non-hydrogen) atoms. The van der Waals surface area contributed by atoms with E-state index in [0.29, 0.717) is 0 Å². The third kappa shape index (κ3) is 2.58. The Kier molecular flexibility index (Phi) is 4.01. The number of ether oxygens (including phenoxy) is 1. The molecule has 1 unspecified atom stereocenters. The number of benzene rings is 1. The molecule has 0 bridgehead atoms. The summed E-state index contributed by atoms with van der Waals surface area (Å²) in [6.45, 7) is 1.73. The smallest absolute Gasteiger partial charge is 0.376 e. The summed E-state index contributed by atoms with van der Waals surface area (Å²) in [5.41, 5.74) is 0.733. The van der Waals surface area contributed by atoms with Gasteiger partial charge < -0.3 is 4.74 Å². The number of methoxy groups -OCH3 is 1. The maximum absolute atomic E-state index is 13.4. The molecule has 3 nitrogen and oxygen atoms in total. The van der Waals surface area contributed by atoms with Crippen LogP contribution in [0.3, 0.4) is 0 Å². The van der Waals surface area contributed by atoms with Gasteiger partial charge in [0, 0.05) is 5.56 Å². The molecule has 1 aromatic rings. The fraction of sp³-hybridized carbons (Fsp3) is 0.273. The molecule has 5 heteroatoms. The van der Waals surface area contributed by atoms with Gasteiger partial charge in [-0.3, -0.25) is 4.79 Å². The van der Waals surface area contributed by atoms with Gasteiger partial charge in [-0.15, -0.1) is 11.6 Å². The van der Waals surface area contributed by atoms with Crippen LogP contribution in [0.2, 0.25) is 0 Å². The van der Waals surface area contributed by atoms with Crippen LogP contribution in [0.25, 0.3) is 0 Å². The van der Waals surface area contributed by atoms with Crippen LogP contribution in [0.1, 0.15) is 16.5 Å². The van der Waals surface area contributed by atoms with Crippen LogP contribution in [-0.4, -0.2) is 18.9 Å². The lowest BCUT2D eigenvalue weighted by molar-refractivity contribution is -0.151. The number of carbonyl (C=O) groups excluding carboxylic acids is 2. The molecular formula is C11H10ClFO3. The van der Waals surface area contributed by atoms with Crippen molar-refractivity contribution < 1.29 is 18.7 Å². The Morgan fingerprint density at radius 2 is 2.06 bits per heavy atom. The maximum Gasteiger partial charge on any atom is 0.376 e. The van der Waals surface area contributed by atoms with Crippen molar-refractivity contribution in [2.75, 3.05) is 7.11 Å². The van der Waals surface area contributed by atoms with Gasteiger partial charge in [-0.25, -0.2) is 9.18 Å². The van der Waals surface area contributed by atoms with Crippen molar-refractivity contribution in [2.24, 2.45) is 0 Å². The zero-order chi connectivity index (χ0) is 12.3. The molecular weight excluding hydrogens is 235 g/mol. The van der Waals surface area contributed by atoms with Crippen LogP contribution >= 0.6 is 11.6 Å². The highest BCUT2D eigenvalue weighted by Gasteiger charge is 2.27. The standard InChI is InChI=1S/C11H10ClFO3/c1-6-3-4-8(13)7(5-6)9(12)10(14)11(15)16-2/h3-5,9H,1-2H3. The second-order valence-electron chi connectivity index (χ2n) is 3.24. The van der Waals surface area contributed by atoms with Gasteiger partial charge in [-0.2, -0.15) is 0 Å². The van der Waals surface area contributed by atoms with Gasteiger partial charge in [0.2, 0.25) is 0 Å². The first-order valence-corrected chi connectivity index (χ1v) is 4.93. The molecule has 0 N–H and O–H groups in total. The van der Waals surface area contributed by atoms with Crippen molar-refractivity contribution in [3.63, 3.8) is 0 Å². The van der Waals surface area contributed by atoms with Crippen molar-refractivity contribution in [3.05, 3.63) is 35.1 Å². The number of alkyl halides is 1. The summed E-state index contributed by atoms with van der Waals surface area (Å²) in [5, 5.41) is -1.35. The molecule has 0 aliphatic carbocycles. The third-order valence-corrected chi connectivity index (χ3v) is 2.47. The first-order chi connectivity index (χ1) is 7.47. The van der Waals surface area contributed by atoms with Crippen LogP contribution < -0.4 is 0 Å². The van der Waals surface area contributed by atoms with Gasteiger partial charge >= 0.3 is 5.97 Å². The summed E-state index contributed by atoms with van der Waals surface area (Å²) in [5.74, 6) is -2.68. The lowest BCUT2D eigenvalue weighted by atomic mass is 10.1. The zero-order valence-corrected chi connectivity index (χ0v) is 9.55. The number of Topliss-reactive ketones (excluding diaryl/α,β-unsaturated/α-hetero) is 1. The summed E-state index contributed by atoms with van der Waals surface area (Å²) in [7, 11) is 1.07. The highest BCUT2D eigenvalue weighted by Crippen LogP contribution is 2.25. The normalized spacial score (nSPS) is 12.0. The van der Waals surface area contributed by atoms with Gasteiger partial charge in [0.15, 0.2) is 0 Å². The second-order valence-corrected chi connectivity index (χ2v) is 3.68. The van der Waals surface area contributed by atoms with Crippen LogP contribution in [-0.2, 0) is 14.3 Å². The molecule has 0 amide bonds. The number of halogens is 2. The Labute approximate surface area is 97.2 Å². The Morgan fingerprint density at radius 3 is 2.62 bits per heavy atom. The molecule has 1 atom stereocenters. The van der Waals surface area contributed by atoms with Crippen LogP contribution in [0.4, 0.5) is 4.39 Å². The van der Waals surface area contributed by atoms with E-state index in [0.717, 1.165) is 12.7 Å². The molecule has 0 radical (unpaired) electrons. The topological polar surface area (TPSA) is 43.4 Å². The van der Waals surface area contributed by atoms with E-state index in [4.69, 9.17) is 11.6 Å². The molecule has 1 aromatic carbocycles. The van der Waals surface area contributed by atoms with Crippen LogP contribution in [0.5, 0.6) is 0 Å². The van der Waals surface area contributed by atoms with Crippen LogP contribution in [0.15, 0.2) is 18.2 Å². The number of esters is 1. The van der Waals surface area contributed by atoms with Crippen LogP contribution in [0, 0.1) is 12.7 Å². The molecule has 0 fully saturated rings. The molecule has 0 aliphatic heterocycles. The molecule has 0 saturated heterocycles. The van der Waals surface area contributed by atoms with Crippen molar-refractivity contribution in [1.82, 2.24) is 0 Å². The van der Waals surface area contributed by atoms with E-state index < -0.39 is 22.9 Å². The molecule has 0 spiro atoms. The Bertz CT molecular complexity index is 431. The van der Waals surface area contributed by atoms with Gasteiger partial charge in [0.1, 0.15) is 11.2 Å². The number of hydrogen-bond donors (Lipinski definition) is 0. The van der Waals surface area contributed by atoms with Crippen molar-refractivity contribution >= 4 is 23.4 Å². The summed E-state index contributed by atoms with van der Waals surface area (Å²) < 4.78 is 17.6. The minimum Gasteiger partial charge on any atom is -0.463 e. The Morgan fingerprint density at radius 1 is 1.44 bits per heavy atom. The van der Waals surface area contributed by atoms with Gasteiger partial charge in [0.25, 0.3) is 5.78 Å². The second kappa shape index (κ2) is 5.07. The molecule has 0 heterocycles. The van der Waals surface area contributed by atoms with Gasteiger partial charge in [-0.05, 0) is 13.0 Å². The number of hydrogen-bond acceptors (Lipinski definition) is 3. The van der Waals surface area contributed by atoms with E-state index in [1.54, 1.807) is 13.0 Å². The molecule has 0 saturated carbocycles. The van der Waals surface area contributed by atoms with E-state index in [1.807, 2.05) is 0 Å². The number of rotatable bonds is 3. The largest absolute Gasteiger partial charge is 0.463 e. The maximum atomic E-state index is 13.4. The molecule has 86 valence electrons. The van der Waals surface area contributed by atoms with Crippen molar-refractivity contribution in [1.29, 1.82) is 0 Å². The fourth-order valence-corrected chi connectivity index (χ4v) is 1.46. The van der Waals surface area contributed by atoms with E-state index in [-0.39, 0.29) is 5.56 Å². The first kappa shape index (κ1) is 12.6. The summed E-state index contributed by atoms with van der Waals surface area (Å²) in [4.78, 5) is 22.3. The summed E-state index contributed by atoms with van der Waals surface area (Å²) in [6, 6.07) is 4.17. The lowest BCUT2D eigenvalue weighted by Crippen LogP contribution is -2.21. The first-order valence-electron chi connectivity index (χ1n) is 4.49. The highest BCUT2D eigenvalue weighted by atomic mass is 35.5. The fourth-order valence-electron chi connectivity index (χ4n) is 1.20. The van der Waals surface area contributed by atoms with Gasteiger partial charge in [0.05, 0.1) is 7.11 Å². The lowest BCUT2D eigenvalue weighted by Gasteiger charge is -2.09. The monoisotopic (exact) mass is 244 g/mol. The quantitative estimate of drug-likeness (QED) is 0.465. The number of aryl methyl sites for hydroxylation is 1. The summed E-state index contributed by atoms with van der Waals surface area (Å²) >= 11 is 5.72. The van der Waals surface area contributed by atoms with E-state index in [9.17, 15) is 14.0 Å². The van der Waals surface area contributed by atoms with E-state index in [2.05, 4.69) is 4.74 Å². The van der Waals surface area contributed by atoms with Gasteiger partial charge in [-0.1, -0.05) is 17.7 Å². The minimum absolute atomic E-state index is 0.0166. The Hall–Kier alpha value is -1.42. The predicted octanol–water partition coefficient (Wildman–Crippen LogP) is 2.16. The van der Waals surface area contributed by atoms with E-state index >= 15 is 0 Å². The minimum atomic E-state index is -1.35. The molecule has 0 aliphatic rings. The SMILES string of the molecule is COC(=O)C(=O)C(Cl)c1cc(C)ccc1F. The van der Waals surface area contributed by atoms with Crippen molar-refractivity contribution in [2.45, 2.75) is 12.3 Å². The average molecular weight is 245 g/mol. The number of ketones is 1. The average Bonchev–Trinajstić information content (AvgIpc) is 2.29. The van der Waals surface area contributed by atoms with Crippen molar-refractivity contribution in [3.8, 4) is 0 Å². The molecule has 0 aromatic heterocycles. The highest BCUT2D eigenvalue weighted by molar-refractivity contribution is 6.47. The third-order valence-electron chi connectivity index (χ3n) is 2.04. The summed E-state index contributed by atoms with van der Waals surface area (Å²) in [6.07, 6.45) is 0. The predicted molar refractivity (Wildman–Crippen MR) is 56.8 cm³/mol. The van der Waals surface area contributed by atoms with E-state index in [1.165, 1.54) is 12.1 Å².